The lowest BCUT2D eigenvalue weighted by atomic mass is 10.1. The van der Waals surface area contributed by atoms with E-state index in [1.54, 1.807) is 32.0 Å². The predicted octanol–water partition coefficient (Wildman–Crippen LogP) is 3.83. The van der Waals surface area contributed by atoms with Crippen LogP contribution in [0.3, 0.4) is 0 Å². The van der Waals surface area contributed by atoms with Gasteiger partial charge >= 0.3 is 0 Å². The van der Waals surface area contributed by atoms with E-state index in [1.807, 2.05) is 13.8 Å². The average molecular weight is 367 g/mol. The van der Waals surface area contributed by atoms with E-state index in [0.29, 0.717) is 21.3 Å². The number of halogens is 1. The molecule has 2 rings (SSSR count). The van der Waals surface area contributed by atoms with Gasteiger partial charge in [0.25, 0.3) is 11.8 Å². The smallest absolute Gasteiger partial charge is 0.265 e. The highest BCUT2D eigenvalue weighted by Crippen LogP contribution is 2.32. The maximum absolute atomic E-state index is 12.4. The van der Waals surface area contributed by atoms with E-state index in [-0.39, 0.29) is 5.91 Å². The van der Waals surface area contributed by atoms with Gasteiger partial charge in [0.2, 0.25) is 0 Å². The summed E-state index contributed by atoms with van der Waals surface area (Å²) in [7, 11) is 0. The van der Waals surface area contributed by atoms with Crippen LogP contribution in [0, 0.1) is 20.8 Å². The largest absolute Gasteiger partial charge is 0.481 e. The molecule has 0 radical (unpaired) electrons. The van der Waals surface area contributed by atoms with Gasteiger partial charge in [0, 0.05) is 9.90 Å². The fraction of sp³-hybridized carbons (Fsp3) is 0.294. The van der Waals surface area contributed by atoms with Crippen LogP contribution in [-0.4, -0.2) is 17.9 Å². The molecule has 0 aliphatic carbocycles. The highest BCUT2D eigenvalue weighted by molar-refractivity contribution is 7.16. The third-order valence-electron chi connectivity index (χ3n) is 3.68. The Morgan fingerprint density at radius 2 is 1.96 bits per heavy atom. The van der Waals surface area contributed by atoms with Crippen molar-refractivity contribution in [2.24, 2.45) is 5.73 Å². The van der Waals surface area contributed by atoms with Gasteiger partial charge in [0.1, 0.15) is 10.8 Å². The Balaban J connectivity index is 2.13. The van der Waals surface area contributed by atoms with Crippen molar-refractivity contribution in [2.45, 2.75) is 33.8 Å². The summed E-state index contributed by atoms with van der Waals surface area (Å²) in [5.41, 5.74) is 7.40. The number of hydrogen-bond acceptors (Lipinski definition) is 4. The molecule has 1 aromatic heterocycles. The summed E-state index contributed by atoms with van der Waals surface area (Å²) in [4.78, 5) is 24.9. The number of hydrogen-bond donors (Lipinski definition) is 2. The van der Waals surface area contributed by atoms with Crippen molar-refractivity contribution in [3.8, 4) is 5.75 Å². The number of carbonyl (C=O) groups is 2. The first-order chi connectivity index (χ1) is 11.2. The number of carbonyl (C=O) groups excluding carboxylic acids is 2. The molecule has 0 aliphatic heterocycles. The number of aryl methyl sites for hydroxylation is 2. The van der Waals surface area contributed by atoms with Gasteiger partial charge in [-0.15, -0.1) is 11.3 Å². The van der Waals surface area contributed by atoms with Crippen molar-refractivity contribution < 1.29 is 14.3 Å². The van der Waals surface area contributed by atoms with Crippen molar-refractivity contribution in [3.05, 3.63) is 44.8 Å². The summed E-state index contributed by atoms with van der Waals surface area (Å²) in [6.45, 7) is 7.17. The molecular formula is C17H19ClN2O3S. The lowest BCUT2D eigenvalue weighted by Crippen LogP contribution is -2.30. The van der Waals surface area contributed by atoms with Crippen molar-refractivity contribution >= 4 is 39.8 Å². The van der Waals surface area contributed by atoms with Crippen molar-refractivity contribution in [1.29, 1.82) is 0 Å². The Kier molecular flexibility index (Phi) is 5.51. The molecule has 0 bridgehead atoms. The van der Waals surface area contributed by atoms with Crippen LogP contribution in [0.25, 0.3) is 0 Å². The molecule has 24 heavy (non-hydrogen) atoms. The Hall–Kier alpha value is -2.05. The minimum atomic E-state index is -0.742. The van der Waals surface area contributed by atoms with E-state index >= 15 is 0 Å². The molecule has 2 aromatic rings. The minimum absolute atomic E-state index is 0.348. The third-order valence-corrected chi connectivity index (χ3v) is 5.23. The lowest BCUT2D eigenvalue weighted by Gasteiger charge is -2.15. The topological polar surface area (TPSA) is 81.4 Å². The molecule has 1 atom stereocenters. The van der Waals surface area contributed by atoms with Crippen LogP contribution >= 0.6 is 22.9 Å². The van der Waals surface area contributed by atoms with Crippen LogP contribution < -0.4 is 15.8 Å². The molecule has 0 saturated carbocycles. The van der Waals surface area contributed by atoms with Crippen LogP contribution in [0.5, 0.6) is 5.75 Å². The molecule has 3 N–H and O–H groups in total. The molecule has 1 heterocycles. The maximum atomic E-state index is 12.4. The zero-order valence-corrected chi connectivity index (χ0v) is 15.5. The van der Waals surface area contributed by atoms with Crippen LogP contribution in [0.15, 0.2) is 18.2 Å². The van der Waals surface area contributed by atoms with Gasteiger partial charge in [-0.3, -0.25) is 9.59 Å². The van der Waals surface area contributed by atoms with Crippen LogP contribution in [0.2, 0.25) is 5.02 Å². The monoisotopic (exact) mass is 366 g/mol. The summed E-state index contributed by atoms with van der Waals surface area (Å²) in [5.74, 6) is -0.367. The Labute approximate surface area is 149 Å². The van der Waals surface area contributed by atoms with Crippen molar-refractivity contribution in [3.63, 3.8) is 0 Å². The molecule has 5 nitrogen and oxygen atoms in total. The van der Waals surface area contributed by atoms with E-state index in [1.165, 1.54) is 11.3 Å². The molecule has 7 heteroatoms. The molecule has 2 amide bonds. The Morgan fingerprint density at radius 1 is 1.29 bits per heavy atom. The second kappa shape index (κ2) is 7.23. The van der Waals surface area contributed by atoms with E-state index < -0.39 is 12.0 Å². The maximum Gasteiger partial charge on any atom is 0.265 e. The number of rotatable bonds is 5. The predicted molar refractivity (Wildman–Crippen MR) is 97.2 cm³/mol. The summed E-state index contributed by atoms with van der Waals surface area (Å²) >= 11 is 7.29. The molecule has 0 unspecified atom stereocenters. The number of nitrogens with one attached hydrogen (secondary N) is 1. The SMILES string of the molecule is Cc1cc(O[C@H](C)C(=O)Nc2sc(C)c(C)c2C(N)=O)ccc1Cl. The zero-order chi connectivity index (χ0) is 18.0. The quantitative estimate of drug-likeness (QED) is 0.843. The normalized spacial score (nSPS) is 11.9. The third kappa shape index (κ3) is 3.88. The first-order valence-electron chi connectivity index (χ1n) is 7.34. The Morgan fingerprint density at radius 3 is 2.54 bits per heavy atom. The number of ether oxygens (including phenoxy) is 1. The van der Waals surface area contributed by atoms with E-state index in [0.717, 1.165) is 16.0 Å². The first-order valence-corrected chi connectivity index (χ1v) is 8.53. The van der Waals surface area contributed by atoms with Gasteiger partial charge in [-0.25, -0.2) is 0 Å². The summed E-state index contributed by atoms with van der Waals surface area (Å²) in [6.07, 6.45) is -0.742. The number of nitrogens with two attached hydrogens (primary N) is 1. The summed E-state index contributed by atoms with van der Waals surface area (Å²) < 4.78 is 5.64. The van der Waals surface area contributed by atoms with E-state index in [9.17, 15) is 9.59 Å². The number of thiophene rings is 1. The van der Waals surface area contributed by atoms with Gasteiger partial charge < -0.3 is 15.8 Å². The molecule has 128 valence electrons. The highest BCUT2D eigenvalue weighted by atomic mass is 35.5. The molecular weight excluding hydrogens is 348 g/mol. The second-order valence-electron chi connectivity index (χ2n) is 5.51. The molecule has 1 aromatic carbocycles. The molecule has 0 aliphatic rings. The minimum Gasteiger partial charge on any atom is -0.481 e. The fourth-order valence-electron chi connectivity index (χ4n) is 2.17. The van der Waals surface area contributed by atoms with Crippen LogP contribution in [-0.2, 0) is 4.79 Å². The Bertz CT molecular complexity index is 801. The van der Waals surface area contributed by atoms with Gasteiger partial charge in [-0.1, -0.05) is 11.6 Å². The standard InChI is InChI=1S/C17H19ClN2O3S/c1-8-7-12(5-6-13(8)18)23-10(3)16(22)20-17-14(15(19)21)9(2)11(4)24-17/h5-7,10H,1-4H3,(H2,19,21)(H,20,22)/t10-/m1/s1. The van der Waals surface area contributed by atoms with Gasteiger partial charge in [0.15, 0.2) is 6.10 Å². The van der Waals surface area contributed by atoms with Gasteiger partial charge in [0.05, 0.1) is 5.56 Å². The average Bonchev–Trinajstić information content (AvgIpc) is 2.77. The fourth-order valence-corrected chi connectivity index (χ4v) is 3.36. The number of amides is 2. The highest BCUT2D eigenvalue weighted by Gasteiger charge is 2.22. The van der Waals surface area contributed by atoms with Crippen LogP contribution in [0.1, 0.15) is 33.3 Å². The number of anilines is 1. The van der Waals surface area contributed by atoms with Gasteiger partial charge in [-0.2, -0.15) is 0 Å². The first kappa shape index (κ1) is 18.3. The lowest BCUT2D eigenvalue weighted by molar-refractivity contribution is -0.122. The van der Waals surface area contributed by atoms with Crippen molar-refractivity contribution in [1.82, 2.24) is 0 Å². The van der Waals surface area contributed by atoms with Crippen LogP contribution in [0.4, 0.5) is 5.00 Å². The second-order valence-corrected chi connectivity index (χ2v) is 7.14. The zero-order valence-electron chi connectivity index (χ0n) is 13.9. The molecule has 0 saturated heterocycles. The number of primary amides is 1. The summed E-state index contributed by atoms with van der Waals surface area (Å²) in [6, 6.07) is 5.18. The number of benzene rings is 1. The summed E-state index contributed by atoms with van der Waals surface area (Å²) in [5, 5.41) is 3.81. The molecule has 0 fully saturated rings. The van der Waals surface area contributed by atoms with Crippen molar-refractivity contribution in [2.75, 3.05) is 5.32 Å². The van der Waals surface area contributed by atoms with E-state index in [2.05, 4.69) is 5.32 Å². The molecule has 0 spiro atoms. The van der Waals surface area contributed by atoms with Gasteiger partial charge in [-0.05, 0) is 57.0 Å². The van der Waals surface area contributed by atoms with E-state index in [4.69, 9.17) is 22.1 Å².